The molecular formula is C14H16FNO2. The Morgan fingerprint density at radius 2 is 2.28 bits per heavy atom. The van der Waals surface area contributed by atoms with E-state index in [0.29, 0.717) is 0 Å². The number of amides is 1. The monoisotopic (exact) mass is 249 g/mol. The first-order valence-electron chi connectivity index (χ1n) is 5.92. The van der Waals surface area contributed by atoms with Gasteiger partial charge < -0.3 is 4.74 Å². The fourth-order valence-electron chi connectivity index (χ4n) is 2.28. The van der Waals surface area contributed by atoms with E-state index in [4.69, 9.17) is 4.74 Å². The zero-order valence-electron chi connectivity index (χ0n) is 10.5. The Hall–Kier alpha value is -1.84. The first-order chi connectivity index (χ1) is 8.56. The highest BCUT2D eigenvalue weighted by molar-refractivity contribution is 5.91. The number of benzene rings is 1. The summed E-state index contributed by atoms with van der Waals surface area (Å²) in [4.78, 5) is 13.5. The number of ether oxygens (including phenoxy) is 1. The number of nitrogens with zero attached hydrogens (tertiary/aromatic N) is 1. The van der Waals surface area contributed by atoms with Crippen molar-refractivity contribution in [3.8, 4) is 0 Å². The van der Waals surface area contributed by atoms with E-state index in [0.717, 1.165) is 11.3 Å². The Balaban J connectivity index is 2.33. The van der Waals surface area contributed by atoms with Crippen LogP contribution in [0.3, 0.4) is 0 Å². The second kappa shape index (κ2) is 4.80. The SMILES string of the molecule is C=CCOC(=O)N1c2ccc(F)cc2[C@@H](C)[C@H]1C. The molecule has 4 heteroatoms. The van der Waals surface area contributed by atoms with E-state index in [1.807, 2.05) is 13.8 Å². The van der Waals surface area contributed by atoms with Gasteiger partial charge in [-0.25, -0.2) is 9.18 Å². The second-order valence-corrected chi connectivity index (χ2v) is 4.47. The van der Waals surface area contributed by atoms with Crippen LogP contribution in [0.4, 0.5) is 14.9 Å². The van der Waals surface area contributed by atoms with Crippen LogP contribution in [0, 0.1) is 5.82 Å². The molecule has 0 saturated heterocycles. The molecule has 1 aromatic rings. The van der Waals surface area contributed by atoms with Gasteiger partial charge in [0.1, 0.15) is 12.4 Å². The molecule has 0 bridgehead atoms. The minimum atomic E-state index is -0.417. The number of carbonyl (C=O) groups is 1. The van der Waals surface area contributed by atoms with Gasteiger partial charge in [0.25, 0.3) is 0 Å². The van der Waals surface area contributed by atoms with E-state index in [9.17, 15) is 9.18 Å². The fourth-order valence-corrected chi connectivity index (χ4v) is 2.28. The first kappa shape index (κ1) is 12.6. The highest BCUT2D eigenvalue weighted by Crippen LogP contribution is 2.41. The molecule has 1 aliphatic rings. The molecule has 0 aliphatic carbocycles. The van der Waals surface area contributed by atoms with E-state index >= 15 is 0 Å². The van der Waals surface area contributed by atoms with Crippen LogP contribution in [0.1, 0.15) is 25.3 Å². The van der Waals surface area contributed by atoms with Crippen LogP contribution in [0.15, 0.2) is 30.9 Å². The second-order valence-electron chi connectivity index (χ2n) is 4.47. The molecule has 0 aromatic heterocycles. The largest absolute Gasteiger partial charge is 0.445 e. The summed E-state index contributed by atoms with van der Waals surface area (Å²) >= 11 is 0. The number of halogens is 1. The van der Waals surface area contributed by atoms with Crippen LogP contribution in [-0.4, -0.2) is 18.7 Å². The lowest BCUT2D eigenvalue weighted by Gasteiger charge is -2.23. The standard InChI is InChI=1S/C14H16FNO2/c1-4-7-18-14(17)16-10(3)9(2)12-8-11(15)5-6-13(12)16/h4-6,8-10H,1,7H2,2-3H3/t9-,10+/m0/s1. The summed E-state index contributed by atoms with van der Waals surface area (Å²) in [6, 6.07) is 4.42. The highest BCUT2D eigenvalue weighted by atomic mass is 19.1. The maximum Gasteiger partial charge on any atom is 0.414 e. The molecule has 0 radical (unpaired) electrons. The first-order valence-corrected chi connectivity index (χ1v) is 5.92. The molecule has 2 rings (SSSR count). The molecule has 3 nitrogen and oxygen atoms in total. The summed E-state index contributed by atoms with van der Waals surface area (Å²) in [6.45, 7) is 7.58. The zero-order valence-corrected chi connectivity index (χ0v) is 10.5. The van der Waals surface area contributed by atoms with Crippen molar-refractivity contribution in [2.45, 2.75) is 25.8 Å². The van der Waals surface area contributed by atoms with Crippen molar-refractivity contribution in [2.75, 3.05) is 11.5 Å². The number of fused-ring (bicyclic) bond motifs is 1. The lowest BCUT2D eigenvalue weighted by atomic mass is 9.98. The van der Waals surface area contributed by atoms with E-state index in [1.54, 1.807) is 11.0 Å². The molecular weight excluding hydrogens is 233 g/mol. The van der Waals surface area contributed by atoms with Crippen LogP contribution in [-0.2, 0) is 4.74 Å². The van der Waals surface area contributed by atoms with Crippen molar-refractivity contribution in [2.24, 2.45) is 0 Å². The molecule has 0 N–H and O–H groups in total. The molecule has 0 fully saturated rings. The Labute approximate surface area is 106 Å². The van der Waals surface area contributed by atoms with Crippen molar-refractivity contribution in [3.63, 3.8) is 0 Å². The van der Waals surface area contributed by atoms with Gasteiger partial charge in [0.15, 0.2) is 0 Å². The minimum Gasteiger partial charge on any atom is -0.445 e. The van der Waals surface area contributed by atoms with E-state index in [1.165, 1.54) is 18.2 Å². The van der Waals surface area contributed by atoms with Gasteiger partial charge in [0.2, 0.25) is 0 Å². The van der Waals surface area contributed by atoms with Gasteiger partial charge in [0, 0.05) is 12.0 Å². The molecule has 1 amide bonds. The predicted molar refractivity (Wildman–Crippen MR) is 68.3 cm³/mol. The van der Waals surface area contributed by atoms with Crippen LogP contribution in [0.2, 0.25) is 0 Å². The van der Waals surface area contributed by atoms with Crippen molar-refractivity contribution < 1.29 is 13.9 Å². The quantitative estimate of drug-likeness (QED) is 0.751. The van der Waals surface area contributed by atoms with Gasteiger partial charge in [0.05, 0.1) is 5.69 Å². The van der Waals surface area contributed by atoms with Gasteiger partial charge in [-0.2, -0.15) is 0 Å². The van der Waals surface area contributed by atoms with Crippen molar-refractivity contribution in [1.82, 2.24) is 0 Å². The molecule has 1 heterocycles. The third-order valence-electron chi connectivity index (χ3n) is 3.39. The lowest BCUT2D eigenvalue weighted by molar-refractivity contribution is 0.164. The van der Waals surface area contributed by atoms with E-state index in [-0.39, 0.29) is 24.4 Å². The number of carbonyl (C=O) groups excluding carboxylic acids is 1. The van der Waals surface area contributed by atoms with Gasteiger partial charge in [-0.1, -0.05) is 19.6 Å². The fraction of sp³-hybridized carbons (Fsp3) is 0.357. The van der Waals surface area contributed by atoms with Crippen molar-refractivity contribution >= 4 is 11.8 Å². The van der Waals surface area contributed by atoms with Crippen molar-refractivity contribution in [3.05, 3.63) is 42.2 Å². The van der Waals surface area contributed by atoms with E-state index < -0.39 is 6.09 Å². The Bertz CT molecular complexity index is 487. The molecule has 0 spiro atoms. The summed E-state index contributed by atoms with van der Waals surface area (Å²) in [5.74, 6) is -0.193. The molecule has 1 aliphatic heterocycles. The molecule has 2 atom stereocenters. The molecule has 0 saturated carbocycles. The van der Waals surface area contributed by atoms with Gasteiger partial charge in [-0.15, -0.1) is 0 Å². The van der Waals surface area contributed by atoms with Gasteiger partial charge in [-0.05, 0) is 30.7 Å². The number of hydrogen-bond acceptors (Lipinski definition) is 2. The Kier molecular flexibility index (Phi) is 3.36. The topological polar surface area (TPSA) is 29.5 Å². The summed E-state index contributed by atoms with van der Waals surface area (Å²) in [5.41, 5.74) is 1.57. The minimum absolute atomic E-state index is 0.0425. The van der Waals surface area contributed by atoms with Crippen molar-refractivity contribution in [1.29, 1.82) is 0 Å². The summed E-state index contributed by atoms with van der Waals surface area (Å²) in [6.07, 6.45) is 1.10. The van der Waals surface area contributed by atoms with Crippen LogP contribution >= 0.6 is 0 Å². The summed E-state index contributed by atoms with van der Waals surface area (Å²) in [7, 11) is 0. The average Bonchev–Trinajstić information content (AvgIpc) is 2.60. The van der Waals surface area contributed by atoms with Crippen LogP contribution in [0.25, 0.3) is 0 Å². The number of rotatable bonds is 2. The Morgan fingerprint density at radius 1 is 1.56 bits per heavy atom. The predicted octanol–water partition coefficient (Wildman–Crippen LogP) is 3.46. The molecule has 1 aromatic carbocycles. The smallest absolute Gasteiger partial charge is 0.414 e. The van der Waals surface area contributed by atoms with Gasteiger partial charge in [-0.3, -0.25) is 4.90 Å². The third-order valence-corrected chi connectivity index (χ3v) is 3.39. The average molecular weight is 249 g/mol. The lowest BCUT2D eigenvalue weighted by Crippen LogP contribution is -2.37. The summed E-state index contributed by atoms with van der Waals surface area (Å²) in [5, 5.41) is 0. The number of anilines is 1. The molecule has 96 valence electrons. The third kappa shape index (κ3) is 1.98. The molecule has 0 unspecified atom stereocenters. The van der Waals surface area contributed by atoms with Gasteiger partial charge >= 0.3 is 6.09 Å². The normalized spacial score (nSPS) is 21.6. The summed E-state index contributed by atoms with van der Waals surface area (Å²) < 4.78 is 18.3. The maximum atomic E-state index is 13.2. The highest BCUT2D eigenvalue weighted by Gasteiger charge is 2.37. The zero-order chi connectivity index (χ0) is 13.3. The van der Waals surface area contributed by atoms with E-state index in [2.05, 4.69) is 6.58 Å². The van der Waals surface area contributed by atoms with Crippen LogP contribution < -0.4 is 4.90 Å². The maximum absolute atomic E-state index is 13.2. The number of hydrogen-bond donors (Lipinski definition) is 0. The molecule has 18 heavy (non-hydrogen) atoms. The van der Waals surface area contributed by atoms with Crippen LogP contribution in [0.5, 0.6) is 0 Å². The Morgan fingerprint density at radius 3 is 2.94 bits per heavy atom.